The summed E-state index contributed by atoms with van der Waals surface area (Å²) in [5.74, 6) is 0. The van der Waals surface area contributed by atoms with Crippen molar-refractivity contribution in [1.29, 1.82) is 0 Å². The topological polar surface area (TPSA) is 52.6 Å². The predicted molar refractivity (Wildman–Crippen MR) is 82.2 cm³/mol. The van der Waals surface area contributed by atoms with Crippen LogP contribution in [0.1, 0.15) is 26.3 Å². The lowest BCUT2D eigenvalue weighted by Gasteiger charge is -2.28. The zero-order chi connectivity index (χ0) is 15.2. The molecule has 2 N–H and O–H groups in total. The van der Waals surface area contributed by atoms with E-state index in [4.69, 9.17) is 16.7 Å². The van der Waals surface area contributed by atoms with Crippen LogP contribution >= 0.6 is 11.6 Å². The number of hydrogen-bond acceptors (Lipinski definition) is 2. The highest BCUT2D eigenvalue weighted by atomic mass is 35.5. The molecule has 0 aliphatic heterocycles. The van der Waals surface area contributed by atoms with Crippen LogP contribution in [0.25, 0.3) is 0 Å². The molecule has 112 valence electrons. The number of nitrogens with one attached hydrogen (secondary N) is 1. The molecule has 0 fully saturated rings. The fourth-order valence-corrected chi connectivity index (χ4v) is 2.43. The molecule has 1 aromatic rings. The van der Waals surface area contributed by atoms with E-state index in [0.29, 0.717) is 24.7 Å². The van der Waals surface area contributed by atoms with Gasteiger partial charge in [-0.1, -0.05) is 43.6 Å². The number of nitrogens with zero attached hydrogens (tertiary/aromatic N) is 1. The van der Waals surface area contributed by atoms with Crippen molar-refractivity contribution < 1.29 is 9.90 Å². The molecule has 0 spiro atoms. The highest BCUT2D eigenvalue weighted by Gasteiger charge is 2.24. The Labute approximate surface area is 125 Å². The molecular formula is C15H23ClN2O2. The van der Waals surface area contributed by atoms with E-state index in [1.807, 2.05) is 45.0 Å². The zero-order valence-corrected chi connectivity index (χ0v) is 13.1. The van der Waals surface area contributed by atoms with E-state index in [2.05, 4.69) is 5.32 Å². The van der Waals surface area contributed by atoms with Gasteiger partial charge in [0.1, 0.15) is 0 Å². The van der Waals surface area contributed by atoms with Crippen LogP contribution in [0, 0.1) is 0 Å². The molecule has 0 bridgehead atoms. The average Bonchev–Trinajstić information content (AvgIpc) is 2.42. The number of urea groups is 1. The molecule has 0 saturated carbocycles. The molecule has 0 radical (unpaired) electrons. The van der Waals surface area contributed by atoms with Crippen LogP contribution in [0.3, 0.4) is 0 Å². The first-order chi connectivity index (χ1) is 9.42. The van der Waals surface area contributed by atoms with Crippen LogP contribution in [0.5, 0.6) is 0 Å². The third-order valence-corrected chi connectivity index (χ3v) is 3.65. The second-order valence-corrected chi connectivity index (χ2v) is 5.73. The molecule has 0 unspecified atom stereocenters. The van der Waals surface area contributed by atoms with Gasteiger partial charge in [0.25, 0.3) is 0 Å². The monoisotopic (exact) mass is 298 g/mol. The molecule has 5 heteroatoms. The number of halogens is 1. The molecule has 2 amide bonds. The summed E-state index contributed by atoms with van der Waals surface area (Å²) >= 11 is 6.21. The van der Waals surface area contributed by atoms with Crippen LogP contribution in [-0.4, -0.2) is 42.3 Å². The van der Waals surface area contributed by atoms with Gasteiger partial charge in [-0.15, -0.1) is 0 Å². The molecule has 0 saturated heterocycles. The van der Waals surface area contributed by atoms with Crippen molar-refractivity contribution in [2.45, 2.75) is 26.2 Å². The summed E-state index contributed by atoms with van der Waals surface area (Å²) in [6.07, 6.45) is 0. The second kappa shape index (κ2) is 7.50. The van der Waals surface area contributed by atoms with Gasteiger partial charge in [-0.25, -0.2) is 4.79 Å². The molecule has 1 aromatic carbocycles. The molecule has 0 aromatic heterocycles. The Kier molecular flexibility index (Phi) is 6.30. The van der Waals surface area contributed by atoms with Gasteiger partial charge >= 0.3 is 6.03 Å². The number of carbonyl (C=O) groups is 1. The Bertz CT molecular complexity index is 449. The minimum absolute atomic E-state index is 0.0326. The Morgan fingerprint density at radius 1 is 1.40 bits per heavy atom. The van der Waals surface area contributed by atoms with Crippen molar-refractivity contribution in [1.82, 2.24) is 10.2 Å². The summed E-state index contributed by atoms with van der Waals surface area (Å²) in [5.41, 5.74) is 0.749. The maximum atomic E-state index is 12.0. The van der Waals surface area contributed by atoms with Gasteiger partial charge in [-0.05, 0) is 18.6 Å². The first-order valence-corrected chi connectivity index (χ1v) is 7.18. The largest absolute Gasteiger partial charge is 0.395 e. The van der Waals surface area contributed by atoms with Crippen LogP contribution in [-0.2, 0) is 5.41 Å². The van der Waals surface area contributed by atoms with Crippen LogP contribution in [0.2, 0.25) is 5.02 Å². The fourth-order valence-electron chi connectivity index (χ4n) is 2.04. The second-order valence-electron chi connectivity index (χ2n) is 5.33. The number of rotatable bonds is 6. The van der Waals surface area contributed by atoms with Gasteiger partial charge in [0.15, 0.2) is 0 Å². The maximum absolute atomic E-state index is 12.0. The lowest BCUT2D eigenvalue weighted by Crippen LogP contribution is -2.45. The molecule has 4 nitrogen and oxygen atoms in total. The third-order valence-electron chi connectivity index (χ3n) is 3.32. The summed E-state index contributed by atoms with van der Waals surface area (Å²) in [6, 6.07) is 7.49. The third kappa shape index (κ3) is 4.39. The first kappa shape index (κ1) is 16.8. The van der Waals surface area contributed by atoms with Crippen molar-refractivity contribution in [3.8, 4) is 0 Å². The van der Waals surface area contributed by atoms with Gasteiger partial charge in [0.05, 0.1) is 6.61 Å². The van der Waals surface area contributed by atoms with Gasteiger partial charge in [-0.2, -0.15) is 0 Å². The van der Waals surface area contributed by atoms with Gasteiger partial charge < -0.3 is 15.3 Å². The SMILES string of the molecule is CCN(CCO)C(=O)NCC(C)(C)c1ccccc1Cl. The number of aliphatic hydroxyl groups is 1. The number of amides is 2. The number of carbonyl (C=O) groups excluding carboxylic acids is 1. The highest BCUT2D eigenvalue weighted by Crippen LogP contribution is 2.28. The summed E-state index contributed by atoms with van der Waals surface area (Å²) < 4.78 is 0. The van der Waals surface area contributed by atoms with E-state index in [1.54, 1.807) is 4.90 Å². The van der Waals surface area contributed by atoms with Crippen molar-refractivity contribution in [3.05, 3.63) is 34.9 Å². The molecule has 1 rings (SSSR count). The number of hydrogen-bond donors (Lipinski definition) is 2. The summed E-state index contributed by atoms with van der Waals surface area (Å²) in [5, 5.41) is 12.5. The van der Waals surface area contributed by atoms with Crippen LogP contribution in [0.15, 0.2) is 24.3 Å². The highest BCUT2D eigenvalue weighted by molar-refractivity contribution is 6.31. The molecule has 0 aliphatic rings. The molecule has 0 aliphatic carbocycles. The Hall–Kier alpha value is -1.26. The number of aliphatic hydroxyl groups excluding tert-OH is 1. The normalized spacial score (nSPS) is 11.2. The lowest BCUT2D eigenvalue weighted by molar-refractivity contribution is 0.178. The number of benzene rings is 1. The fraction of sp³-hybridized carbons (Fsp3) is 0.533. The van der Waals surface area contributed by atoms with Crippen molar-refractivity contribution >= 4 is 17.6 Å². The minimum Gasteiger partial charge on any atom is -0.395 e. The summed E-state index contributed by atoms with van der Waals surface area (Å²) in [7, 11) is 0. The smallest absolute Gasteiger partial charge is 0.317 e. The van der Waals surface area contributed by atoms with Crippen LogP contribution in [0.4, 0.5) is 4.79 Å². The Balaban J connectivity index is 2.68. The van der Waals surface area contributed by atoms with E-state index in [1.165, 1.54) is 0 Å². The van der Waals surface area contributed by atoms with E-state index >= 15 is 0 Å². The van der Waals surface area contributed by atoms with Crippen LogP contribution < -0.4 is 5.32 Å². The van der Waals surface area contributed by atoms with Crippen molar-refractivity contribution in [2.24, 2.45) is 0 Å². The predicted octanol–water partition coefficient (Wildman–Crippen LogP) is 2.64. The number of likely N-dealkylation sites (N-methyl/N-ethyl adjacent to an activating group) is 1. The summed E-state index contributed by atoms with van der Waals surface area (Å²) in [6.45, 7) is 7.32. The first-order valence-electron chi connectivity index (χ1n) is 6.81. The van der Waals surface area contributed by atoms with E-state index < -0.39 is 0 Å². The maximum Gasteiger partial charge on any atom is 0.317 e. The van der Waals surface area contributed by atoms with Crippen molar-refractivity contribution in [2.75, 3.05) is 26.2 Å². The zero-order valence-electron chi connectivity index (χ0n) is 12.3. The van der Waals surface area contributed by atoms with Gasteiger partial charge in [0.2, 0.25) is 0 Å². The lowest BCUT2D eigenvalue weighted by atomic mass is 9.84. The van der Waals surface area contributed by atoms with Gasteiger partial charge in [0, 0.05) is 30.1 Å². The molecule has 0 heterocycles. The Morgan fingerprint density at radius 3 is 2.60 bits per heavy atom. The molecule has 0 atom stereocenters. The van der Waals surface area contributed by atoms with E-state index in [-0.39, 0.29) is 18.1 Å². The Morgan fingerprint density at radius 2 is 2.05 bits per heavy atom. The quantitative estimate of drug-likeness (QED) is 0.848. The van der Waals surface area contributed by atoms with E-state index in [0.717, 1.165) is 5.56 Å². The van der Waals surface area contributed by atoms with Crippen molar-refractivity contribution in [3.63, 3.8) is 0 Å². The summed E-state index contributed by atoms with van der Waals surface area (Å²) in [4.78, 5) is 13.6. The van der Waals surface area contributed by atoms with Gasteiger partial charge in [-0.3, -0.25) is 0 Å². The average molecular weight is 299 g/mol. The standard InChI is InChI=1S/C15H23ClN2O2/c1-4-18(9-10-19)14(20)17-11-15(2,3)12-7-5-6-8-13(12)16/h5-8,19H,4,9-11H2,1-3H3,(H,17,20). The van der Waals surface area contributed by atoms with E-state index in [9.17, 15) is 4.79 Å². The minimum atomic E-state index is -0.257. The molecule has 20 heavy (non-hydrogen) atoms. The molecular weight excluding hydrogens is 276 g/mol.